The minimum absolute atomic E-state index is 0.248. The van der Waals surface area contributed by atoms with Gasteiger partial charge >= 0.3 is 0 Å². The number of halogens is 2. The van der Waals surface area contributed by atoms with E-state index < -0.39 is 17.7 Å². The van der Waals surface area contributed by atoms with Crippen LogP contribution >= 0.6 is 11.3 Å². The summed E-state index contributed by atoms with van der Waals surface area (Å²) < 4.78 is 26.1. The Bertz CT molecular complexity index is 510. The molecule has 1 unspecified atom stereocenters. The van der Waals surface area contributed by atoms with Gasteiger partial charge in [0.2, 0.25) is 0 Å². The van der Waals surface area contributed by atoms with Crippen LogP contribution in [0.4, 0.5) is 8.78 Å². The van der Waals surface area contributed by atoms with Crippen LogP contribution in [0.5, 0.6) is 0 Å². The fourth-order valence-corrected chi connectivity index (χ4v) is 2.20. The first kappa shape index (κ1) is 11.2. The largest absolute Gasteiger partial charge is 0.387 e. The minimum Gasteiger partial charge on any atom is -0.387 e. The SMILES string of the molecule is CC(O)c1csc(-c2ccc(F)cc2F)n1. The standard InChI is InChI=1S/C11H9F2NOS/c1-6(15)10-5-16-11(14-10)8-3-2-7(12)4-9(8)13/h2-6,15H,1H3. The highest BCUT2D eigenvalue weighted by Gasteiger charge is 2.12. The molecule has 0 saturated heterocycles. The zero-order valence-corrected chi connectivity index (χ0v) is 9.26. The van der Waals surface area contributed by atoms with Gasteiger partial charge in [0.1, 0.15) is 16.6 Å². The molecule has 0 fully saturated rings. The van der Waals surface area contributed by atoms with Gasteiger partial charge in [-0.15, -0.1) is 11.3 Å². The molecule has 1 N–H and O–H groups in total. The van der Waals surface area contributed by atoms with E-state index in [0.717, 1.165) is 6.07 Å². The summed E-state index contributed by atoms with van der Waals surface area (Å²) in [5.41, 5.74) is 0.738. The molecule has 0 aliphatic heterocycles. The third kappa shape index (κ3) is 2.10. The van der Waals surface area contributed by atoms with Crippen molar-refractivity contribution in [3.05, 3.63) is 40.9 Å². The predicted molar refractivity (Wildman–Crippen MR) is 58.1 cm³/mol. The van der Waals surface area contributed by atoms with Crippen molar-refractivity contribution in [3.8, 4) is 10.6 Å². The summed E-state index contributed by atoms with van der Waals surface area (Å²) in [6.07, 6.45) is -0.687. The van der Waals surface area contributed by atoms with Crippen molar-refractivity contribution in [3.63, 3.8) is 0 Å². The molecule has 84 valence electrons. The molecule has 2 nitrogen and oxygen atoms in total. The summed E-state index contributed by atoms with van der Waals surface area (Å²) >= 11 is 1.22. The highest BCUT2D eigenvalue weighted by atomic mass is 32.1. The van der Waals surface area contributed by atoms with E-state index in [4.69, 9.17) is 0 Å². The number of aromatic nitrogens is 1. The molecule has 0 aliphatic rings. The van der Waals surface area contributed by atoms with Crippen LogP contribution in [0.1, 0.15) is 18.7 Å². The van der Waals surface area contributed by atoms with Gasteiger partial charge < -0.3 is 5.11 Å². The van der Waals surface area contributed by atoms with E-state index in [9.17, 15) is 13.9 Å². The van der Waals surface area contributed by atoms with Gasteiger partial charge in [0.05, 0.1) is 11.8 Å². The molecule has 2 rings (SSSR count). The van der Waals surface area contributed by atoms with E-state index >= 15 is 0 Å². The molecule has 0 amide bonds. The van der Waals surface area contributed by atoms with Gasteiger partial charge in [0, 0.05) is 17.0 Å². The molecular formula is C11H9F2NOS. The van der Waals surface area contributed by atoms with Gasteiger partial charge in [-0.05, 0) is 19.1 Å². The number of aliphatic hydroxyl groups excluding tert-OH is 1. The minimum atomic E-state index is -0.687. The quantitative estimate of drug-likeness (QED) is 0.876. The van der Waals surface area contributed by atoms with Crippen LogP contribution in [-0.4, -0.2) is 10.1 Å². The first-order valence-corrected chi connectivity index (χ1v) is 5.55. The molecule has 0 spiro atoms. The fraction of sp³-hybridized carbons (Fsp3) is 0.182. The van der Waals surface area contributed by atoms with Gasteiger partial charge in [-0.25, -0.2) is 13.8 Å². The predicted octanol–water partition coefficient (Wildman–Crippen LogP) is 3.14. The van der Waals surface area contributed by atoms with E-state index in [1.54, 1.807) is 12.3 Å². The molecule has 1 aromatic carbocycles. The summed E-state index contributed by atoms with van der Waals surface area (Å²) in [7, 11) is 0. The molecule has 0 aliphatic carbocycles. The van der Waals surface area contributed by atoms with Crippen molar-refractivity contribution < 1.29 is 13.9 Å². The summed E-state index contributed by atoms with van der Waals surface area (Å²) in [4.78, 5) is 4.08. The van der Waals surface area contributed by atoms with Crippen molar-refractivity contribution in [1.29, 1.82) is 0 Å². The Labute approximate surface area is 95.2 Å². The molecule has 1 aromatic heterocycles. The Morgan fingerprint density at radius 3 is 2.69 bits per heavy atom. The van der Waals surface area contributed by atoms with E-state index in [1.807, 2.05) is 0 Å². The van der Waals surface area contributed by atoms with E-state index in [0.29, 0.717) is 10.7 Å². The zero-order chi connectivity index (χ0) is 11.7. The first-order valence-electron chi connectivity index (χ1n) is 4.67. The summed E-state index contributed by atoms with van der Waals surface area (Å²) in [6.45, 7) is 1.58. The van der Waals surface area contributed by atoms with Gasteiger partial charge in [-0.2, -0.15) is 0 Å². The molecule has 5 heteroatoms. The highest BCUT2D eigenvalue weighted by Crippen LogP contribution is 2.28. The maximum atomic E-state index is 13.4. The Balaban J connectivity index is 2.42. The summed E-state index contributed by atoms with van der Waals surface area (Å²) in [6, 6.07) is 3.34. The molecular weight excluding hydrogens is 232 g/mol. The van der Waals surface area contributed by atoms with E-state index in [2.05, 4.69) is 4.98 Å². The van der Waals surface area contributed by atoms with Crippen molar-refractivity contribution >= 4 is 11.3 Å². The molecule has 1 atom stereocenters. The number of aliphatic hydroxyl groups is 1. The van der Waals surface area contributed by atoms with Crippen LogP contribution < -0.4 is 0 Å². The van der Waals surface area contributed by atoms with E-state index in [-0.39, 0.29) is 5.56 Å². The van der Waals surface area contributed by atoms with Gasteiger partial charge in [0.15, 0.2) is 0 Å². The number of hydrogen-bond donors (Lipinski definition) is 1. The molecule has 0 bridgehead atoms. The number of rotatable bonds is 2. The lowest BCUT2D eigenvalue weighted by atomic mass is 10.2. The summed E-state index contributed by atoms with van der Waals surface area (Å²) in [5.74, 6) is -1.26. The van der Waals surface area contributed by atoms with Crippen molar-refractivity contribution in [2.75, 3.05) is 0 Å². The second kappa shape index (κ2) is 4.27. The number of thiazole rings is 1. The molecule has 0 radical (unpaired) electrons. The average molecular weight is 241 g/mol. The second-order valence-electron chi connectivity index (χ2n) is 3.38. The van der Waals surface area contributed by atoms with Crippen molar-refractivity contribution in [2.45, 2.75) is 13.0 Å². The first-order chi connectivity index (χ1) is 7.58. The lowest BCUT2D eigenvalue weighted by Gasteiger charge is -1.99. The van der Waals surface area contributed by atoms with Crippen LogP contribution in [-0.2, 0) is 0 Å². The highest BCUT2D eigenvalue weighted by molar-refractivity contribution is 7.13. The smallest absolute Gasteiger partial charge is 0.136 e. The number of benzene rings is 1. The molecule has 2 aromatic rings. The van der Waals surface area contributed by atoms with Crippen LogP contribution in [0.2, 0.25) is 0 Å². The van der Waals surface area contributed by atoms with Crippen LogP contribution in [0.25, 0.3) is 10.6 Å². The monoisotopic (exact) mass is 241 g/mol. The maximum Gasteiger partial charge on any atom is 0.136 e. The zero-order valence-electron chi connectivity index (χ0n) is 8.45. The third-order valence-electron chi connectivity index (χ3n) is 2.11. The van der Waals surface area contributed by atoms with Gasteiger partial charge in [-0.1, -0.05) is 0 Å². The lowest BCUT2D eigenvalue weighted by Crippen LogP contribution is -1.91. The maximum absolute atomic E-state index is 13.4. The van der Waals surface area contributed by atoms with Gasteiger partial charge in [0.25, 0.3) is 0 Å². The number of nitrogens with zero attached hydrogens (tertiary/aromatic N) is 1. The fourth-order valence-electron chi connectivity index (χ4n) is 1.26. The van der Waals surface area contributed by atoms with E-state index in [1.165, 1.54) is 23.5 Å². The van der Waals surface area contributed by atoms with Crippen molar-refractivity contribution in [2.24, 2.45) is 0 Å². The normalized spacial score (nSPS) is 12.8. The molecule has 1 heterocycles. The Hall–Kier alpha value is -1.33. The summed E-state index contributed by atoms with van der Waals surface area (Å²) in [5, 5.41) is 11.4. The van der Waals surface area contributed by atoms with Crippen LogP contribution in [0, 0.1) is 11.6 Å². The lowest BCUT2D eigenvalue weighted by molar-refractivity contribution is 0.195. The Morgan fingerprint density at radius 2 is 2.12 bits per heavy atom. The van der Waals surface area contributed by atoms with Gasteiger partial charge in [-0.3, -0.25) is 0 Å². The Kier molecular flexibility index (Phi) is 2.98. The topological polar surface area (TPSA) is 33.1 Å². The number of hydrogen-bond acceptors (Lipinski definition) is 3. The van der Waals surface area contributed by atoms with Crippen LogP contribution in [0.15, 0.2) is 23.6 Å². The average Bonchev–Trinajstić information content (AvgIpc) is 2.66. The van der Waals surface area contributed by atoms with Crippen LogP contribution in [0.3, 0.4) is 0 Å². The Morgan fingerprint density at radius 1 is 1.38 bits per heavy atom. The van der Waals surface area contributed by atoms with Crippen molar-refractivity contribution in [1.82, 2.24) is 4.98 Å². The molecule has 16 heavy (non-hydrogen) atoms. The molecule has 0 saturated carbocycles. The second-order valence-corrected chi connectivity index (χ2v) is 4.24. The third-order valence-corrected chi connectivity index (χ3v) is 3.01.